The molecule has 1 fully saturated rings. The van der Waals surface area contributed by atoms with Crippen molar-refractivity contribution in [2.75, 3.05) is 38.2 Å². The zero-order valence-corrected chi connectivity index (χ0v) is 18.6. The molecule has 2 aliphatic rings. The fraction of sp³-hybridized carbons (Fsp3) is 0.259. The molecule has 3 aromatic carbocycles. The number of cyclic esters (lactones) is 1. The summed E-state index contributed by atoms with van der Waals surface area (Å²) >= 11 is 0. The monoisotopic (exact) mass is 442 g/mol. The van der Waals surface area contributed by atoms with E-state index in [0.29, 0.717) is 30.6 Å². The lowest BCUT2D eigenvalue weighted by molar-refractivity contribution is 0.0252. The van der Waals surface area contributed by atoms with Gasteiger partial charge in [-0.15, -0.1) is 0 Å². The predicted molar refractivity (Wildman–Crippen MR) is 126 cm³/mol. The number of benzene rings is 3. The number of hydrogen-bond acceptors (Lipinski definition) is 5. The van der Waals surface area contributed by atoms with Crippen molar-refractivity contribution in [3.63, 3.8) is 0 Å². The van der Waals surface area contributed by atoms with Gasteiger partial charge in [0.1, 0.15) is 11.9 Å². The number of hydrogen-bond donors (Lipinski definition) is 0. The molecule has 0 saturated carbocycles. The lowest BCUT2D eigenvalue weighted by atomic mass is 9.93. The molecule has 0 N–H and O–H groups in total. The average Bonchev–Trinajstić information content (AvgIpc) is 2.88. The Morgan fingerprint density at radius 3 is 2.42 bits per heavy atom. The standard InChI is InChI=1S/C27H26N2O4/c1-32-24-10-6-5-9-23(24)28-13-15-29(16-14-28)26(30)20-11-12-22-21(17-20)18-25(33-27(22)31)19-7-3-2-4-8-19/h2-12,17,25H,13-16,18H2,1H3. The number of carbonyl (C=O) groups is 2. The van der Waals surface area contributed by atoms with Gasteiger partial charge in [-0.05, 0) is 41.5 Å². The number of para-hydroxylation sites is 2. The van der Waals surface area contributed by atoms with E-state index in [-0.39, 0.29) is 18.0 Å². The molecule has 3 aromatic rings. The van der Waals surface area contributed by atoms with Gasteiger partial charge in [0.05, 0.1) is 18.4 Å². The Kier molecular flexibility index (Phi) is 5.73. The number of esters is 1. The maximum absolute atomic E-state index is 13.3. The zero-order valence-electron chi connectivity index (χ0n) is 18.6. The fourth-order valence-corrected chi connectivity index (χ4v) is 4.61. The topological polar surface area (TPSA) is 59.1 Å². The van der Waals surface area contributed by atoms with Crippen LogP contribution in [-0.4, -0.2) is 50.1 Å². The molecule has 1 atom stereocenters. The number of carbonyl (C=O) groups excluding carboxylic acids is 2. The van der Waals surface area contributed by atoms with Crippen LogP contribution in [0.25, 0.3) is 0 Å². The Morgan fingerprint density at radius 2 is 1.67 bits per heavy atom. The molecule has 168 valence electrons. The molecule has 0 bridgehead atoms. The number of anilines is 1. The number of amides is 1. The van der Waals surface area contributed by atoms with Gasteiger partial charge in [0.25, 0.3) is 5.91 Å². The Morgan fingerprint density at radius 1 is 0.939 bits per heavy atom. The Labute approximate surface area is 193 Å². The van der Waals surface area contributed by atoms with Crippen LogP contribution in [0.3, 0.4) is 0 Å². The maximum Gasteiger partial charge on any atom is 0.339 e. The molecule has 2 aliphatic heterocycles. The number of ether oxygens (including phenoxy) is 2. The van der Waals surface area contributed by atoms with Gasteiger partial charge in [0.2, 0.25) is 0 Å². The van der Waals surface area contributed by atoms with Crippen LogP contribution < -0.4 is 9.64 Å². The van der Waals surface area contributed by atoms with Gasteiger partial charge in [-0.2, -0.15) is 0 Å². The first-order chi connectivity index (χ1) is 16.1. The highest BCUT2D eigenvalue weighted by molar-refractivity contribution is 5.98. The van der Waals surface area contributed by atoms with Crippen LogP contribution in [-0.2, 0) is 11.2 Å². The number of piperazine rings is 1. The van der Waals surface area contributed by atoms with E-state index < -0.39 is 0 Å². The molecule has 0 spiro atoms. The highest BCUT2D eigenvalue weighted by Gasteiger charge is 2.29. The minimum absolute atomic E-state index is 0.00678. The molecule has 6 heteroatoms. The molecular weight excluding hydrogens is 416 g/mol. The van der Waals surface area contributed by atoms with Crippen LogP contribution >= 0.6 is 0 Å². The van der Waals surface area contributed by atoms with Gasteiger partial charge >= 0.3 is 5.97 Å². The summed E-state index contributed by atoms with van der Waals surface area (Å²) in [4.78, 5) is 29.9. The van der Waals surface area contributed by atoms with Crippen LogP contribution in [0.4, 0.5) is 5.69 Å². The van der Waals surface area contributed by atoms with Crippen molar-refractivity contribution in [3.05, 3.63) is 95.1 Å². The van der Waals surface area contributed by atoms with E-state index in [1.54, 1.807) is 19.2 Å². The normalized spacial score (nSPS) is 17.8. The number of rotatable bonds is 4. The smallest absolute Gasteiger partial charge is 0.339 e. The molecular formula is C27H26N2O4. The number of nitrogens with zero attached hydrogens (tertiary/aromatic N) is 2. The van der Waals surface area contributed by atoms with Crippen molar-refractivity contribution in [3.8, 4) is 5.75 Å². The molecule has 0 aromatic heterocycles. The highest BCUT2D eigenvalue weighted by Crippen LogP contribution is 2.32. The summed E-state index contributed by atoms with van der Waals surface area (Å²) in [5.74, 6) is 0.494. The van der Waals surface area contributed by atoms with Gasteiger partial charge in [-0.1, -0.05) is 42.5 Å². The maximum atomic E-state index is 13.3. The summed E-state index contributed by atoms with van der Waals surface area (Å²) < 4.78 is 11.1. The summed E-state index contributed by atoms with van der Waals surface area (Å²) in [6.45, 7) is 2.73. The van der Waals surface area contributed by atoms with E-state index in [1.807, 2.05) is 65.6 Å². The largest absolute Gasteiger partial charge is 0.495 e. The van der Waals surface area contributed by atoms with Crippen molar-refractivity contribution < 1.29 is 19.1 Å². The molecule has 0 aliphatic carbocycles. The summed E-state index contributed by atoms with van der Waals surface area (Å²) in [5, 5.41) is 0. The number of fused-ring (bicyclic) bond motifs is 1. The van der Waals surface area contributed by atoms with Crippen molar-refractivity contribution in [2.24, 2.45) is 0 Å². The Bertz CT molecular complexity index is 1170. The van der Waals surface area contributed by atoms with Crippen molar-refractivity contribution in [2.45, 2.75) is 12.5 Å². The van der Waals surface area contributed by atoms with E-state index >= 15 is 0 Å². The molecule has 1 unspecified atom stereocenters. The average molecular weight is 443 g/mol. The second-order valence-corrected chi connectivity index (χ2v) is 8.33. The van der Waals surface area contributed by atoms with Crippen molar-refractivity contribution in [1.82, 2.24) is 4.90 Å². The first-order valence-corrected chi connectivity index (χ1v) is 11.2. The summed E-state index contributed by atoms with van der Waals surface area (Å²) in [7, 11) is 1.67. The van der Waals surface area contributed by atoms with E-state index in [4.69, 9.17) is 9.47 Å². The second kappa shape index (κ2) is 8.98. The van der Waals surface area contributed by atoms with E-state index in [9.17, 15) is 9.59 Å². The van der Waals surface area contributed by atoms with Crippen LogP contribution in [0.5, 0.6) is 5.75 Å². The second-order valence-electron chi connectivity index (χ2n) is 8.33. The molecule has 0 radical (unpaired) electrons. The number of methoxy groups -OCH3 is 1. The van der Waals surface area contributed by atoms with Crippen LogP contribution in [0.2, 0.25) is 0 Å². The molecule has 2 heterocycles. The highest BCUT2D eigenvalue weighted by atomic mass is 16.5. The first-order valence-electron chi connectivity index (χ1n) is 11.2. The quantitative estimate of drug-likeness (QED) is 0.569. The van der Waals surface area contributed by atoms with Gasteiger partial charge < -0.3 is 19.3 Å². The third-order valence-corrected chi connectivity index (χ3v) is 6.39. The fourth-order valence-electron chi connectivity index (χ4n) is 4.61. The summed E-state index contributed by atoms with van der Waals surface area (Å²) in [6.07, 6.45) is 0.231. The lowest BCUT2D eigenvalue weighted by Gasteiger charge is -2.36. The van der Waals surface area contributed by atoms with Crippen LogP contribution in [0.1, 0.15) is 37.9 Å². The van der Waals surface area contributed by atoms with Crippen molar-refractivity contribution >= 4 is 17.6 Å². The molecule has 33 heavy (non-hydrogen) atoms. The van der Waals surface area contributed by atoms with Gasteiger partial charge in [-0.3, -0.25) is 4.79 Å². The third-order valence-electron chi connectivity index (χ3n) is 6.39. The molecule has 5 rings (SSSR count). The predicted octanol–water partition coefficient (Wildman–Crippen LogP) is 4.11. The Hall–Kier alpha value is -3.80. The van der Waals surface area contributed by atoms with Crippen LogP contribution in [0, 0.1) is 0 Å². The first kappa shape index (κ1) is 21.1. The molecule has 1 amide bonds. The summed E-state index contributed by atoms with van der Waals surface area (Å²) in [6, 6.07) is 23.0. The molecule has 6 nitrogen and oxygen atoms in total. The lowest BCUT2D eigenvalue weighted by Crippen LogP contribution is -2.48. The molecule has 1 saturated heterocycles. The van der Waals surface area contributed by atoms with E-state index in [1.165, 1.54) is 0 Å². The minimum atomic E-state index is -0.338. The minimum Gasteiger partial charge on any atom is -0.495 e. The van der Waals surface area contributed by atoms with Gasteiger partial charge in [0, 0.05) is 38.2 Å². The zero-order chi connectivity index (χ0) is 22.8. The van der Waals surface area contributed by atoms with Crippen molar-refractivity contribution in [1.29, 1.82) is 0 Å². The third kappa shape index (κ3) is 4.16. The summed E-state index contributed by atoms with van der Waals surface area (Å²) in [5.41, 5.74) is 4.02. The SMILES string of the molecule is COc1ccccc1N1CCN(C(=O)c2ccc3c(c2)CC(c2ccccc2)OC3=O)CC1. The van der Waals surface area contributed by atoms with Gasteiger partial charge in [0.15, 0.2) is 0 Å². The van der Waals surface area contributed by atoms with Crippen LogP contribution in [0.15, 0.2) is 72.8 Å². The Balaban J connectivity index is 1.30. The van der Waals surface area contributed by atoms with Gasteiger partial charge in [-0.25, -0.2) is 4.79 Å². The van der Waals surface area contributed by atoms with E-state index in [0.717, 1.165) is 35.7 Å². The van der Waals surface area contributed by atoms with E-state index in [2.05, 4.69) is 4.90 Å².